The fraction of sp³-hybridized carbons (Fsp3) is 0.636. The highest BCUT2D eigenvalue weighted by molar-refractivity contribution is 5.97. The number of nitrogens with one attached hydrogen (secondary N) is 2. The minimum absolute atomic E-state index is 0.152. The van der Waals surface area contributed by atoms with E-state index in [2.05, 4.69) is 30.6 Å². The van der Waals surface area contributed by atoms with Crippen LogP contribution in [0.25, 0.3) is 0 Å². The number of nitrogens with zero attached hydrogens (tertiary/aromatic N) is 4. The lowest BCUT2D eigenvalue weighted by Gasteiger charge is -2.05. The van der Waals surface area contributed by atoms with Crippen molar-refractivity contribution in [3.8, 4) is 0 Å². The molecule has 0 radical (unpaired) electrons. The van der Waals surface area contributed by atoms with Crippen LogP contribution in [0, 0.1) is 0 Å². The molecule has 10 nitrogen and oxygen atoms in total. The lowest BCUT2D eigenvalue weighted by Crippen LogP contribution is -2.41. The molecule has 0 bridgehead atoms. The molecule has 0 aliphatic carbocycles. The second-order valence-electron chi connectivity index (χ2n) is 3.86. The zero-order valence-corrected chi connectivity index (χ0v) is 12.6. The molecule has 0 amide bonds. The molecule has 0 aromatic rings. The molecule has 0 saturated carbocycles. The predicted molar refractivity (Wildman–Crippen MR) is 88.2 cm³/mol. The molecule has 21 heavy (non-hydrogen) atoms. The molecule has 10 heteroatoms. The van der Waals surface area contributed by atoms with E-state index in [0.717, 1.165) is 0 Å². The number of nitrogens with two attached hydrogens (primary N) is 4. The van der Waals surface area contributed by atoms with Gasteiger partial charge in [0.1, 0.15) is 0 Å². The molecule has 0 unspecified atom stereocenters. The first kappa shape index (κ1) is 18.5. The van der Waals surface area contributed by atoms with Gasteiger partial charge in [0.05, 0.1) is 0 Å². The normalized spacial score (nSPS) is 14.2. The van der Waals surface area contributed by atoms with Gasteiger partial charge in [-0.3, -0.25) is 20.3 Å². The van der Waals surface area contributed by atoms with Crippen molar-refractivity contribution in [1.82, 2.24) is 10.6 Å². The summed E-state index contributed by atoms with van der Waals surface area (Å²) in [7, 11) is 0. The Morgan fingerprint density at radius 3 is 2.10 bits per heavy atom. The third kappa shape index (κ3) is 11.0. The molecule has 0 heterocycles. The van der Waals surface area contributed by atoms with Crippen LogP contribution in [0.4, 0.5) is 0 Å². The Kier molecular flexibility index (Phi) is 9.96. The van der Waals surface area contributed by atoms with E-state index in [1.54, 1.807) is 0 Å². The second kappa shape index (κ2) is 11.3. The van der Waals surface area contributed by atoms with Gasteiger partial charge in [0.15, 0.2) is 17.9 Å². The number of hydrogen-bond donors (Lipinski definition) is 6. The summed E-state index contributed by atoms with van der Waals surface area (Å²) >= 11 is 0. The third-order valence-electron chi connectivity index (χ3n) is 2.06. The molecule has 0 aromatic heterocycles. The van der Waals surface area contributed by atoms with E-state index in [9.17, 15) is 0 Å². The summed E-state index contributed by atoms with van der Waals surface area (Å²) in [6.45, 7) is 5.98. The van der Waals surface area contributed by atoms with Crippen LogP contribution in [0.3, 0.4) is 0 Å². The highest BCUT2D eigenvalue weighted by Gasteiger charge is 1.95. The van der Waals surface area contributed by atoms with E-state index in [1.165, 1.54) is 0 Å². The van der Waals surface area contributed by atoms with Gasteiger partial charge in [0, 0.05) is 26.2 Å². The van der Waals surface area contributed by atoms with Gasteiger partial charge >= 0.3 is 0 Å². The third-order valence-corrected chi connectivity index (χ3v) is 2.06. The summed E-state index contributed by atoms with van der Waals surface area (Å²) in [5, 5.41) is 5.57. The predicted octanol–water partition coefficient (Wildman–Crippen LogP) is -2.15. The summed E-state index contributed by atoms with van der Waals surface area (Å²) in [5.74, 6) is 0.850. The molecule has 0 saturated heterocycles. The van der Waals surface area contributed by atoms with Crippen LogP contribution >= 0.6 is 0 Å². The Balaban J connectivity index is 3.95. The summed E-state index contributed by atoms with van der Waals surface area (Å²) in [4.78, 5) is 15.8. The van der Waals surface area contributed by atoms with Crippen molar-refractivity contribution >= 4 is 23.8 Å². The van der Waals surface area contributed by atoms with Crippen LogP contribution in [0.1, 0.15) is 20.3 Å². The SMILES string of the molecule is CCN=C(N)/N=C(\N)NCCCN=C(N)NC(N)=NCC. The first-order valence-corrected chi connectivity index (χ1v) is 6.74. The average molecular weight is 298 g/mol. The topological polar surface area (TPSA) is 178 Å². The Morgan fingerprint density at radius 1 is 0.857 bits per heavy atom. The summed E-state index contributed by atoms with van der Waals surface area (Å²) in [6, 6.07) is 0. The van der Waals surface area contributed by atoms with Gasteiger partial charge in [-0.05, 0) is 20.3 Å². The molecule has 0 rings (SSSR count). The lowest BCUT2D eigenvalue weighted by atomic mass is 10.4. The number of guanidine groups is 4. The van der Waals surface area contributed by atoms with Crippen molar-refractivity contribution in [2.45, 2.75) is 20.3 Å². The quantitative estimate of drug-likeness (QED) is 0.185. The smallest absolute Gasteiger partial charge is 0.218 e. The number of rotatable bonds is 6. The van der Waals surface area contributed by atoms with Gasteiger partial charge in [-0.2, -0.15) is 4.99 Å². The van der Waals surface area contributed by atoms with E-state index < -0.39 is 0 Å². The van der Waals surface area contributed by atoms with Crippen molar-refractivity contribution in [1.29, 1.82) is 0 Å². The maximum atomic E-state index is 5.62. The molecule has 0 fully saturated rings. The minimum Gasteiger partial charge on any atom is -0.370 e. The molecule has 0 aliphatic rings. The largest absolute Gasteiger partial charge is 0.370 e. The Bertz CT molecular complexity index is 409. The van der Waals surface area contributed by atoms with Crippen LogP contribution in [-0.4, -0.2) is 50.0 Å². The van der Waals surface area contributed by atoms with Crippen LogP contribution in [-0.2, 0) is 0 Å². The zero-order chi connectivity index (χ0) is 16.1. The average Bonchev–Trinajstić information content (AvgIpc) is 2.38. The molecule has 0 spiro atoms. The molecule has 10 N–H and O–H groups in total. The summed E-state index contributed by atoms with van der Waals surface area (Å²) in [6.07, 6.45) is 0.717. The van der Waals surface area contributed by atoms with Crippen LogP contribution in [0.15, 0.2) is 20.0 Å². The Morgan fingerprint density at radius 2 is 1.48 bits per heavy atom. The molecule has 0 aromatic carbocycles. The van der Waals surface area contributed by atoms with E-state index in [0.29, 0.717) is 32.6 Å². The van der Waals surface area contributed by atoms with Crippen LogP contribution < -0.4 is 33.6 Å². The van der Waals surface area contributed by atoms with E-state index in [-0.39, 0.29) is 23.8 Å². The first-order valence-electron chi connectivity index (χ1n) is 6.74. The van der Waals surface area contributed by atoms with E-state index in [4.69, 9.17) is 22.9 Å². The monoisotopic (exact) mass is 298 g/mol. The van der Waals surface area contributed by atoms with Gasteiger partial charge in [-0.15, -0.1) is 0 Å². The first-order chi connectivity index (χ1) is 9.99. The summed E-state index contributed by atoms with van der Waals surface area (Å²) < 4.78 is 0. The molecule has 0 atom stereocenters. The number of hydrogen-bond acceptors (Lipinski definition) is 3. The van der Waals surface area contributed by atoms with Crippen molar-refractivity contribution in [3.63, 3.8) is 0 Å². The maximum absolute atomic E-state index is 5.62. The minimum atomic E-state index is 0.152. The van der Waals surface area contributed by atoms with E-state index in [1.807, 2.05) is 13.8 Å². The molecule has 120 valence electrons. The van der Waals surface area contributed by atoms with Gasteiger partial charge in [-0.25, -0.2) is 0 Å². The Hall–Kier alpha value is -2.52. The maximum Gasteiger partial charge on any atom is 0.218 e. The van der Waals surface area contributed by atoms with Crippen LogP contribution in [0.5, 0.6) is 0 Å². The van der Waals surface area contributed by atoms with Gasteiger partial charge < -0.3 is 28.3 Å². The standard InChI is InChI=1S/C11H26N10/c1-3-16-8(12)20-10(14)18-6-5-7-19-11(15)21-9(13)17-4-2/h3-7H2,1-2H3,(H5,12,14,16,18,20)(H5,13,15,17,19,21). The zero-order valence-electron chi connectivity index (χ0n) is 12.6. The highest BCUT2D eigenvalue weighted by Crippen LogP contribution is 1.80. The molecule has 0 aliphatic heterocycles. The van der Waals surface area contributed by atoms with E-state index >= 15 is 0 Å². The lowest BCUT2D eigenvalue weighted by molar-refractivity contribution is 0.778. The fourth-order valence-corrected chi connectivity index (χ4v) is 1.24. The van der Waals surface area contributed by atoms with Crippen molar-refractivity contribution < 1.29 is 0 Å². The second-order valence-corrected chi connectivity index (χ2v) is 3.86. The van der Waals surface area contributed by atoms with Crippen molar-refractivity contribution in [2.24, 2.45) is 42.9 Å². The highest BCUT2D eigenvalue weighted by atomic mass is 15.2. The molecular formula is C11H26N10. The van der Waals surface area contributed by atoms with Gasteiger partial charge in [0.25, 0.3) is 0 Å². The molecular weight excluding hydrogens is 272 g/mol. The fourth-order valence-electron chi connectivity index (χ4n) is 1.24. The van der Waals surface area contributed by atoms with Crippen LogP contribution in [0.2, 0.25) is 0 Å². The van der Waals surface area contributed by atoms with Crippen molar-refractivity contribution in [3.05, 3.63) is 0 Å². The number of aliphatic imine (C=N–C) groups is 4. The van der Waals surface area contributed by atoms with Crippen molar-refractivity contribution in [2.75, 3.05) is 26.2 Å². The summed E-state index contributed by atoms with van der Waals surface area (Å²) in [5.41, 5.74) is 22.3. The van der Waals surface area contributed by atoms with Gasteiger partial charge in [0.2, 0.25) is 5.96 Å². The van der Waals surface area contributed by atoms with Gasteiger partial charge in [-0.1, -0.05) is 0 Å². The Labute approximate surface area is 124 Å².